The number of aryl methyl sites for hydroxylation is 1. The Hall–Kier alpha value is -0.540. The van der Waals surface area contributed by atoms with Crippen LogP contribution in [-0.2, 0) is 0 Å². The number of likely N-dealkylation sites (tertiary alicyclic amines) is 1. The predicted molar refractivity (Wildman–Crippen MR) is 83.3 cm³/mol. The van der Waals surface area contributed by atoms with Crippen molar-refractivity contribution < 1.29 is 4.79 Å². The van der Waals surface area contributed by atoms with Crippen molar-refractivity contribution in [3.63, 3.8) is 0 Å². The fourth-order valence-corrected chi connectivity index (χ4v) is 3.28. The van der Waals surface area contributed by atoms with Crippen LogP contribution in [0.25, 0.3) is 0 Å². The molecule has 104 valence electrons. The summed E-state index contributed by atoms with van der Waals surface area (Å²) in [5.74, 6) is 0.144. The number of hydrogen-bond acceptors (Lipinski definition) is 1. The number of halogens is 2. The molecule has 19 heavy (non-hydrogen) atoms. The minimum atomic E-state index is 0.144. The SMILES string of the molecule is Cc1cc(C(=O)N2CCCCC2CCBr)ccc1Cl. The van der Waals surface area contributed by atoms with E-state index in [4.69, 9.17) is 11.6 Å². The maximum atomic E-state index is 12.6. The normalized spacial score (nSPS) is 19.5. The largest absolute Gasteiger partial charge is 0.336 e. The average molecular weight is 345 g/mol. The zero-order valence-electron chi connectivity index (χ0n) is 11.2. The van der Waals surface area contributed by atoms with Crippen molar-refractivity contribution in [1.29, 1.82) is 0 Å². The number of rotatable bonds is 3. The van der Waals surface area contributed by atoms with E-state index in [0.717, 1.165) is 42.3 Å². The summed E-state index contributed by atoms with van der Waals surface area (Å²) in [7, 11) is 0. The topological polar surface area (TPSA) is 20.3 Å². The van der Waals surface area contributed by atoms with E-state index in [2.05, 4.69) is 15.9 Å². The van der Waals surface area contributed by atoms with Gasteiger partial charge in [-0.15, -0.1) is 0 Å². The molecule has 4 heteroatoms. The lowest BCUT2D eigenvalue weighted by Gasteiger charge is -2.35. The van der Waals surface area contributed by atoms with Crippen LogP contribution < -0.4 is 0 Å². The van der Waals surface area contributed by atoms with Gasteiger partial charge in [-0.25, -0.2) is 0 Å². The van der Waals surface area contributed by atoms with E-state index >= 15 is 0 Å². The Morgan fingerprint density at radius 2 is 2.26 bits per heavy atom. The van der Waals surface area contributed by atoms with Gasteiger partial charge in [-0.2, -0.15) is 0 Å². The van der Waals surface area contributed by atoms with E-state index in [1.807, 2.05) is 30.0 Å². The number of amides is 1. The number of piperidine rings is 1. The highest BCUT2D eigenvalue weighted by Crippen LogP contribution is 2.24. The van der Waals surface area contributed by atoms with Gasteiger partial charge < -0.3 is 4.90 Å². The summed E-state index contributed by atoms with van der Waals surface area (Å²) in [6, 6.07) is 5.91. The van der Waals surface area contributed by atoms with E-state index in [1.165, 1.54) is 6.42 Å². The first-order valence-corrected chi connectivity index (χ1v) is 8.26. The van der Waals surface area contributed by atoms with Gasteiger partial charge in [0.05, 0.1) is 0 Å². The van der Waals surface area contributed by atoms with E-state index in [9.17, 15) is 4.79 Å². The molecule has 1 aromatic rings. The van der Waals surface area contributed by atoms with Crippen LogP contribution in [0, 0.1) is 6.92 Å². The molecule has 1 aliphatic heterocycles. The molecule has 1 saturated heterocycles. The molecule has 1 fully saturated rings. The van der Waals surface area contributed by atoms with Gasteiger partial charge in [0.1, 0.15) is 0 Å². The van der Waals surface area contributed by atoms with Crippen LogP contribution in [0.1, 0.15) is 41.6 Å². The van der Waals surface area contributed by atoms with Crippen molar-refractivity contribution >= 4 is 33.4 Å². The third-order valence-corrected chi connectivity index (χ3v) is 4.62. The number of hydrogen-bond donors (Lipinski definition) is 0. The molecule has 1 aromatic carbocycles. The summed E-state index contributed by atoms with van der Waals surface area (Å²) in [5.41, 5.74) is 1.71. The van der Waals surface area contributed by atoms with E-state index in [0.29, 0.717) is 11.1 Å². The quantitative estimate of drug-likeness (QED) is 0.743. The van der Waals surface area contributed by atoms with Gasteiger partial charge in [0, 0.05) is 28.5 Å². The van der Waals surface area contributed by atoms with Crippen LogP contribution in [0.15, 0.2) is 18.2 Å². The van der Waals surface area contributed by atoms with Gasteiger partial charge in [0.2, 0.25) is 0 Å². The van der Waals surface area contributed by atoms with E-state index in [1.54, 1.807) is 0 Å². The molecule has 1 heterocycles. The van der Waals surface area contributed by atoms with Crippen LogP contribution >= 0.6 is 27.5 Å². The Balaban J connectivity index is 2.18. The molecule has 1 aliphatic rings. The van der Waals surface area contributed by atoms with E-state index in [-0.39, 0.29) is 5.91 Å². The number of carbonyl (C=O) groups excluding carboxylic acids is 1. The lowest BCUT2D eigenvalue weighted by Crippen LogP contribution is -2.43. The first-order valence-electron chi connectivity index (χ1n) is 6.76. The Morgan fingerprint density at radius 1 is 1.47 bits per heavy atom. The molecule has 0 N–H and O–H groups in total. The van der Waals surface area contributed by atoms with Crippen molar-refractivity contribution in [2.75, 3.05) is 11.9 Å². The van der Waals surface area contributed by atoms with Gasteiger partial charge in [0.25, 0.3) is 5.91 Å². The highest BCUT2D eigenvalue weighted by atomic mass is 79.9. The second kappa shape index (κ2) is 6.76. The number of carbonyl (C=O) groups is 1. The molecule has 0 aromatic heterocycles. The average Bonchev–Trinajstić information content (AvgIpc) is 2.42. The van der Waals surface area contributed by atoms with Crippen LogP contribution in [-0.4, -0.2) is 28.7 Å². The molecule has 0 saturated carbocycles. The maximum absolute atomic E-state index is 12.6. The Bertz CT molecular complexity index is 461. The molecular weight excluding hydrogens is 326 g/mol. The summed E-state index contributed by atoms with van der Waals surface area (Å²) in [6.07, 6.45) is 4.47. The van der Waals surface area contributed by atoms with Gasteiger partial charge in [-0.3, -0.25) is 4.79 Å². The summed E-state index contributed by atoms with van der Waals surface area (Å²) in [5, 5.41) is 1.66. The van der Waals surface area contributed by atoms with Gasteiger partial charge >= 0.3 is 0 Å². The molecule has 1 amide bonds. The van der Waals surface area contributed by atoms with Gasteiger partial charge in [0.15, 0.2) is 0 Å². The summed E-state index contributed by atoms with van der Waals surface area (Å²) >= 11 is 9.50. The second-order valence-corrected chi connectivity index (χ2v) is 6.29. The highest BCUT2D eigenvalue weighted by molar-refractivity contribution is 9.09. The molecule has 0 aliphatic carbocycles. The Morgan fingerprint density at radius 3 is 2.95 bits per heavy atom. The fraction of sp³-hybridized carbons (Fsp3) is 0.533. The molecule has 1 unspecified atom stereocenters. The fourth-order valence-electron chi connectivity index (χ4n) is 2.64. The predicted octanol–water partition coefficient (Wildman–Crippen LogP) is 4.43. The Kier molecular flexibility index (Phi) is 5.28. The molecule has 2 rings (SSSR count). The monoisotopic (exact) mass is 343 g/mol. The second-order valence-electron chi connectivity index (χ2n) is 5.09. The summed E-state index contributed by atoms with van der Waals surface area (Å²) < 4.78 is 0. The van der Waals surface area contributed by atoms with Crippen LogP contribution in [0.5, 0.6) is 0 Å². The van der Waals surface area contributed by atoms with Crippen LogP contribution in [0.2, 0.25) is 5.02 Å². The van der Waals surface area contributed by atoms with Gasteiger partial charge in [-0.1, -0.05) is 27.5 Å². The molecule has 1 atom stereocenters. The number of benzene rings is 1. The van der Waals surface area contributed by atoms with Crippen molar-refractivity contribution in [2.24, 2.45) is 0 Å². The summed E-state index contributed by atoms with van der Waals surface area (Å²) in [6.45, 7) is 2.81. The zero-order valence-corrected chi connectivity index (χ0v) is 13.5. The molecular formula is C15H19BrClNO. The third-order valence-electron chi connectivity index (χ3n) is 3.74. The van der Waals surface area contributed by atoms with Crippen molar-refractivity contribution in [3.8, 4) is 0 Å². The summed E-state index contributed by atoms with van der Waals surface area (Å²) in [4.78, 5) is 14.7. The molecule has 0 spiro atoms. The van der Waals surface area contributed by atoms with E-state index < -0.39 is 0 Å². The first kappa shape index (κ1) is 14.9. The number of nitrogens with zero attached hydrogens (tertiary/aromatic N) is 1. The highest BCUT2D eigenvalue weighted by Gasteiger charge is 2.26. The van der Waals surface area contributed by atoms with Crippen LogP contribution in [0.4, 0.5) is 0 Å². The zero-order chi connectivity index (χ0) is 13.8. The molecule has 0 radical (unpaired) electrons. The molecule has 0 bridgehead atoms. The maximum Gasteiger partial charge on any atom is 0.254 e. The van der Waals surface area contributed by atoms with Crippen molar-refractivity contribution in [2.45, 2.75) is 38.6 Å². The van der Waals surface area contributed by atoms with Gasteiger partial charge in [-0.05, 0) is 56.4 Å². The van der Waals surface area contributed by atoms with Crippen molar-refractivity contribution in [3.05, 3.63) is 34.3 Å². The number of alkyl halides is 1. The standard InChI is InChI=1S/C15H19BrClNO/c1-11-10-12(5-6-14(11)17)15(19)18-9-3-2-4-13(18)7-8-16/h5-6,10,13H,2-4,7-9H2,1H3. The van der Waals surface area contributed by atoms with Crippen LogP contribution in [0.3, 0.4) is 0 Å². The first-order chi connectivity index (χ1) is 9.13. The molecule has 2 nitrogen and oxygen atoms in total. The smallest absolute Gasteiger partial charge is 0.254 e. The third kappa shape index (κ3) is 3.51. The minimum Gasteiger partial charge on any atom is -0.336 e. The lowest BCUT2D eigenvalue weighted by atomic mass is 9.98. The lowest BCUT2D eigenvalue weighted by molar-refractivity contribution is 0.0610. The Labute approximate surface area is 128 Å². The minimum absolute atomic E-state index is 0.144. The van der Waals surface area contributed by atoms with Crippen molar-refractivity contribution in [1.82, 2.24) is 4.90 Å².